The Morgan fingerprint density at radius 3 is 2.55 bits per heavy atom. The van der Waals surface area contributed by atoms with E-state index in [1.807, 2.05) is 26.0 Å². The summed E-state index contributed by atoms with van der Waals surface area (Å²) in [5, 5.41) is 9.89. The molecule has 3 aromatic heterocycles. The molecule has 2 unspecified atom stereocenters. The van der Waals surface area contributed by atoms with Gasteiger partial charge in [0.1, 0.15) is 6.67 Å². The summed E-state index contributed by atoms with van der Waals surface area (Å²) in [6, 6.07) is 5.39. The lowest BCUT2D eigenvalue weighted by Gasteiger charge is -2.19. The first kappa shape index (κ1) is 20.2. The summed E-state index contributed by atoms with van der Waals surface area (Å²) in [6.07, 6.45) is 1.67. The molecule has 5 rings (SSSR count). The van der Waals surface area contributed by atoms with Crippen LogP contribution < -0.4 is 0 Å². The van der Waals surface area contributed by atoms with E-state index in [1.165, 1.54) is 16.2 Å². The van der Waals surface area contributed by atoms with Gasteiger partial charge in [0, 0.05) is 27.9 Å². The number of likely N-dealkylation sites (tertiary alicyclic amines) is 1. The monoisotopic (exact) mass is 439 g/mol. The lowest BCUT2D eigenvalue weighted by molar-refractivity contribution is -0.143. The third kappa shape index (κ3) is 2.92. The highest BCUT2D eigenvalue weighted by atomic mass is 32.1. The van der Waals surface area contributed by atoms with Crippen LogP contribution in [0.2, 0.25) is 0 Å². The minimum absolute atomic E-state index is 0.0921. The third-order valence-corrected chi connectivity index (χ3v) is 7.78. The maximum Gasteiger partial charge on any atom is 0.234 e. The molecule has 8 heteroatoms. The van der Waals surface area contributed by atoms with E-state index in [0.717, 1.165) is 26.2 Å². The number of aryl methyl sites for hydroxylation is 1. The number of piperidine rings is 1. The predicted molar refractivity (Wildman–Crippen MR) is 115 cm³/mol. The third-order valence-electron chi connectivity index (χ3n) is 6.64. The number of hydrogen-bond donors (Lipinski definition) is 1. The van der Waals surface area contributed by atoms with Crippen LogP contribution in [0, 0.1) is 24.2 Å². The second-order valence-electron chi connectivity index (χ2n) is 8.84. The molecular weight excluding hydrogens is 417 g/mol. The van der Waals surface area contributed by atoms with Crippen molar-refractivity contribution >= 4 is 33.4 Å². The van der Waals surface area contributed by atoms with Gasteiger partial charge in [0.05, 0.1) is 40.9 Å². The van der Waals surface area contributed by atoms with E-state index in [9.17, 15) is 19.1 Å². The van der Waals surface area contributed by atoms with Crippen LogP contribution in [0.4, 0.5) is 4.39 Å². The number of carbonyl (C=O) groups is 2. The number of carbonyl (C=O) groups excluding carboxylic acids is 2. The zero-order chi connectivity index (χ0) is 22.1. The smallest absolute Gasteiger partial charge is 0.234 e. The molecule has 2 fully saturated rings. The Hall–Kier alpha value is -2.71. The van der Waals surface area contributed by atoms with Crippen molar-refractivity contribution in [1.82, 2.24) is 14.9 Å². The average Bonchev–Trinajstić information content (AvgIpc) is 2.99. The number of pyridine rings is 2. The number of aliphatic hydroxyl groups is 1. The predicted octanol–water partition coefficient (Wildman–Crippen LogP) is 3.77. The first-order valence-corrected chi connectivity index (χ1v) is 11.0. The molecule has 31 heavy (non-hydrogen) atoms. The minimum Gasteiger partial charge on any atom is -0.392 e. The Labute approximate surface area is 182 Å². The van der Waals surface area contributed by atoms with Gasteiger partial charge in [-0.25, -0.2) is 4.39 Å². The summed E-state index contributed by atoms with van der Waals surface area (Å²) in [4.78, 5) is 36.3. The molecule has 1 aliphatic heterocycles. The van der Waals surface area contributed by atoms with Crippen LogP contribution in [0.5, 0.6) is 0 Å². The van der Waals surface area contributed by atoms with Crippen LogP contribution >= 0.6 is 11.3 Å². The molecule has 160 valence electrons. The van der Waals surface area contributed by atoms with Crippen molar-refractivity contribution in [2.45, 2.75) is 40.6 Å². The summed E-state index contributed by atoms with van der Waals surface area (Å²) in [6.45, 7) is 5.01. The molecule has 2 amide bonds. The number of thiophene rings is 1. The van der Waals surface area contributed by atoms with Crippen molar-refractivity contribution in [3.05, 3.63) is 46.2 Å². The highest BCUT2D eigenvalue weighted by Gasteiger charge is 2.72. The first-order valence-electron chi connectivity index (χ1n) is 10.2. The van der Waals surface area contributed by atoms with Crippen LogP contribution in [0.3, 0.4) is 0 Å². The van der Waals surface area contributed by atoms with Crippen molar-refractivity contribution < 1.29 is 19.1 Å². The molecule has 1 saturated heterocycles. The summed E-state index contributed by atoms with van der Waals surface area (Å²) in [5.41, 5.74) is 3.60. The highest BCUT2D eigenvalue weighted by Crippen LogP contribution is 2.63. The van der Waals surface area contributed by atoms with Gasteiger partial charge in [-0.3, -0.25) is 24.5 Å². The molecule has 0 spiro atoms. The van der Waals surface area contributed by atoms with Gasteiger partial charge in [0.15, 0.2) is 0 Å². The fourth-order valence-electron chi connectivity index (χ4n) is 4.87. The molecule has 2 atom stereocenters. The van der Waals surface area contributed by atoms with Crippen LogP contribution in [-0.2, 0) is 29.4 Å². The largest absolute Gasteiger partial charge is 0.392 e. The fourth-order valence-corrected chi connectivity index (χ4v) is 6.00. The molecule has 0 bridgehead atoms. The zero-order valence-corrected chi connectivity index (χ0v) is 18.3. The van der Waals surface area contributed by atoms with Crippen molar-refractivity contribution in [1.29, 1.82) is 0 Å². The number of aromatic nitrogens is 2. The lowest BCUT2D eigenvalue weighted by Crippen LogP contribution is -2.35. The summed E-state index contributed by atoms with van der Waals surface area (Å²) >= 11 is 1.46. The van der Waals surface area contributed by atoms with Crippen molar-refractivity contribution in [2.75, 3.05) is 0 Å². The molecule has 1 aliphatic carbocycles. The maximum atomic E-state index is 13.3. The number of imide groups is 1. The quantitative estimate of drug-likeness (QED) is 0.612. The van der Waals surface area contributed by atoms with E-state index in [4.69, 9.17) is 0 Å². The summed E-state index contributed by atoms with van der Waals surface area (Å²) < 4.78 is 14.2. The number of rotatable bonds is 5. The number of aliphatic hydroxyl groups excluding tert-OH is 1. The Kier molecular flexibility index (Phi) is 4.50. The number of fused-ring (bicyclic) bond motifs is 2. The highest BCUT2D eigenvalue weighted by molar-refractivity contribution is 7.19. The SMILES string of the molecule is Cc1nc(CF)cc(-c2ccnc3cc(CN4C(=O)C5C(C4=O)C5(C)C)sc23)c1CO. The van der Waals surface area contributed by atoms with Gasteiger partial charge >= 0.3 is 0 Å². The molecule has 0 radical (unpaired) electrons. The van der Waals surface area contributed by atoms with Gasteiger partial charge in [0.25, 0.3) is 0 Å². The van der Waals surface area contributed by atoms with Crippen molar-refractivity contribution in [3.8, 4) is 11.1 Å². The molecule has 1 saturated carbocycles. The van der Waals surface area contributed by atoms with E-state index < -0.39 is 6.67 Å². The van der Waals surface area contributed by atoms with Crippen LogP contribution in [0.1, 0.15) is 35.7 Å². The second kappa shape index (κ2) is 6.90. The van der Waals surface area contributed by atoms with Crippen LogP contribution in [0.25, 0.3) is 21.3 Å². The van der Waals surface area contributed by atoms with Crippen LogP contribution in [-0.4, -0.2) is 31.8 Å². The molecule has 6 nitrogen and oxygen atoms in total. The maximum absolute atomic E-state index is 13.3. The van der Waals surface area contributed by atoms with Gasteiger partial charge < -0.3 is 5.11 Å². The van der Waals surface area contributed by atoms with E-state index >= 15 is 0 Å². The molecule has 2 aliphatic rings. The standard InChI is InChI=1S/C23H22FN3O3S/c1-11-16(10-28)15(6-12(8-24)26-11)14-4-5-25-17-7-13(31-20(14)17)9-27-21(29)18-19(22(27)30)23(18,2)3/h4-7,18-19,28H,8-10H2,1-3H3. The number of halogens is 1. The molecular formula is C23H22FN3O3S. The summed E-state index contributed by atoms with van der Waals surface area (Å²) in [7, 11) is 0. The Bertz CT molecular complexity index is 1230. The number of nitrogens with zero attached hydrogens (tertiary/aromatic N) is 3. The average molecular weight is 440 g/mol. The molecule has 4 heterocycles. The van der Waals surface area contributed by atoms with Gasteiger partial charge in [-0.15, -0.1) is 11.3 Å². The van der Waals surface area contributed by atoms with Gasteiger partial charge in [-0.1, -0.05) is 13.8 Å². The van der Waals surface area contributed by atoms with Crippen molar-refractivity contribution in [3.63, 3.8) is 0 Å². The topological polar surface area (TPSA) is 83.4 Å². The number of hydrogen-bond acceptors (Lipinski definition) is 6. The Morgan fingerprint density at radius 2 is 1.90 bits per heavy atom. The van der Waals surface area contributed by atoms with E-state index in [2.05, 4.69) is 9.97 Å². The van der Waals surface area contributed by atoms with Crippen LogP contribution in [0.15, 0.2) is 24.4 Å². The van der Waals surface area contributed by atoms with Gasteiger partial charge in [-0.2, -0.15) is 0 Å². The first-order chi connectivity index (χ1) is 14.8. The Balaban J connectivity index is 1.54. The van der Waals surface area contributed by atoms with E-state index in [-0.39, 0.29) is 42.2 Å². The minimum atomic E-state index is -0.693. The number of alkyl halides is 1. The van der Waals surface area contributed by atoms with Gasteiger partial charge in [-0.05, 0) is 36.1 Å². The van der Waals surface area contributed by atoms with Crippen molar-refractivity contribution in [2.24, 2.45) is 17.3 Å². The van der Waals surface area contributed by atoms with E-state index in [1.54, 1.807) is 19.2 Å². The second-order valence-corrected chi connectivity index (χ2v) is 9.98. The normalized spacial score (nSPS) is 21.8. The lowest BCUT2D eigenvalue weighted by atomic mass is 9.99. The Morgan fingerprint density at radius 1 is 1.19 bits per heavy atom. The molecule has 3 aromatic rings. The fraction of sp³-hybridized carbons (Fsp3) is 0.391. The van der Waals surface area contributed by atoms with Gasteiger partial charge in [0.2, 0.25) is 11.8 Å². The zero-order valence-electron chi connectivity index (χ0n) is 17.5. The molecule has 0 aromatic carbocycles. The van der Waals surface area contributed by atoms with E-state index in [0.29, 0.717) is 17.0 Å². The summed E-state index contributed by atoms with van der Waals surface area (Å²) in [5.74, 6) is -0.584. The molecule has 1 N–H and O–H groups in total. The number of amides is 2.